The first-order valence-electron chi connectivity index (χ1n) is 5.41. The van der Waals surface area contributed by atoms with Crippen molar-refractivity contribution in [3.8, 4) is 0 Å². The molecule has 4 nitrogen and oxygen atoms in total. The van der Waals surface area contributed by atoms with Gasteiger partial charge in [-0.2, -0.15) is 0 Å². The number of rotatable bonds is 3. The molecule has 0 aromatic carbocycles. The van der Waals surface area contributed by atoms with Gasteiger partial charge in [0.1, 0.15) is 16.2 Å². The summed E-state index contributed by atoms with van der Waals surface area (Å²) in [5.41, 5.74) is 0. The SMILES string of the molecule is CC1(C)S[C@@H]2[C@H](Br)C(=O)N2[C@H]1C(=O)OC(Cl)(Cl)CCl. The fourth-order valence-corrected chi connectivity index (χ4v) is 4.74. The summed E-state index contributed by atoms with van der Waals surface area (Å²) in [6.45, 7) is 3.75. The van der Waals surface area contributed by atoms with Crippen LogP contribution in [0, 0.1) is 0 Å². The van der Waals surface area contributed by atoms with Crippen LogP contribution in [0.25, 0.3) is 0 Å². The largest absolute Gasteiger partial charge is 0.426 e. The van der Waals surface area contributed by atoms with Crippen LogP contribution < -0.4 is 0 Å². The van der Waals surface area contributed by atoms with E-state index in [0.717, 1.165) is 0 Å². The van der Waals surface area contributed by atoms with E-state index in [1.807, 2.05) is 13.8 Å². The molecule has 0 N–H and O–H groups in total. The molecule has 2 saturated heterocycles. The first kappa shape index (κ1) is 16.0. The van der Waals surface area contributed by atoms with Gasteiger partial charge in [-0.15, -0.1) is 23.4 Å². The molecule has 0 aromatic rings. The number of β-lactam (4-membered cyclic amide) rings is 1. The molecule has 0 aromatic heterocycles. The smallest absolute Gasteiger partial charge is 0.333 e. The maximum Gasteiger partial charge on any atom is 0.333 e. The Hall–Kier alpha value is 0.640. The van der Waals surface area contributed by atoms with E-state index in [0.29, 0.717) is 0 Å². The lowest BCUT2D eigenvalue weighted by atomic mass is 9.98. The second-order valence-electron chi connectivity index (χ2n) is 4.85. The topological polar surface area (TPSA) is 46.6 Å². The van der Waals surface area contributed by atoms with E-state index < -0.39 is 21.3 Å². The molecule has 2 aliphatic heterocycles. The van der Waals surface area contributed by atoms with E-state index in [-0.39, 0.29) is 22.0 Å². The summed E-state index contributed by atoms with van der Waals surface area (Å²) in [7, 11) is 0. The summed E-state index contributed by atoms with van der Waals surface area (Å²) in [5, 5.41) is -0.0731. The van der Waals surface area contributed by atoms with Crippen LogP contribution in [-0.2, 0) is 14.3 Å². The molecule has 2 aliphatic rings. The molecule has 0 aliphatic carbocycles. The molecule has 1 amide bonds. The molecule has 0 radical (unpaired) electrons. The summed E-state index contributed by atoms with van der Waals surface area (Å²) >= 11 is 21.8. The number of carbonyl (C=O) groups excluding carboxylic acids is 2. The fourth-order valence-electron chi connectivity index (χ4n) is 2.18. The third-order valence-corrected chi connectivity index (χ3v) is 6.89. The van der Waals surface area contributed by atoms with Gasteiger partial charge in [0.25, 0.3) is 4.52 Å². The first-order valence-corrected chi connectivity index (χ1v) is 8.50. The van der Waals surface area contributed by atoms with Crippen LogP contribution in [0.15, 0.2) is 0 Å². The average molecular weight is 412 g/mol. The number of ether oxygens (including phenoxy) is 1. The maximum atomic E-state index is 12.2. The molecule has 0 saturated carbocycles. The van der Waals surface area contributed by atoms with Gasteiger partial charge in [0.15, 0.2) is 0 Å². The Morgan fingerprint density at radius 2 is 2.16 bits per heavy atom. The highest BCUT2D eigenvalue weighted by atomic mass is 79.9. The van der Waals surface area contributed by atoms with Crippen molar-refractivity contribution in [2.75, 3.05) is 5.88 Å². The summed E-state index contributed by atoms with van der Waals surface area (Å²) in [6.07, 6.45) is 0. The van der Waals surface area contributed by atoms with Crippen molar-refractivity contribution in [3.63, 3.8) is 0 Å². The molecule has 0 bridgehead atoms. The number of nitrogens with zero attached hydrogens (tertiary/aromatic N) is 1. The van der Waals surface area contributed by atoms with E-state index in [1.165, 1.54) is 16.7 Å². The van der Waals surface area contributed by atoms with Gasteiger partial charge in [-0.3, -0.25) is 4.79 Å². The van der Waals surface area contributed by atoms with Gasteiger partial charge >= 0.3 is 5.97 Å². The zero-order chi connectivity index (χ0) is 14.6. The van der Waals surface area contributed by atoms with Gasteiger partial charge in [0.2, 0.25) is 5.91 Å². The lowest BCUT2D eigenvalue weighted by molar-refractivity contribution is -0.162. The number of hydrogen-bond acceptors (Lipinski definition) is 4. The number of hydrogen-bond donors (Lipinski definition) is 0. The van der Waals surface area contributed by atoms with Crippen LogP contribution in [0.2, 0.25) is 0 Å². The van der Waals surface area contributed by atoms with E-state index in [2.05, 4.69) is 15.9 Å². The van der Waals surface area contributed by atoms with E-state index in [4.69, 9.17) is 39.5 Å². The van der Waals surface area contributed by atoms with Gasteiger partial charge in [0, 0.05) is 4.75 Å². The number of halogens is 4. The Morgan fingerprint density at radius 3 is 2.68 bits per heavy atom. The quantitative estimate of drug-likeness (QED) is 0.407. The molecule has 9 heteroatoms. The van der Waals surface area contributed by atoms with Crippen molar-refractivity contribution in [1.29, 1.82) is 0 Å². The number of amides is 1. The normalized spacial score (nSPS) is 32.8. The van der Waals surface area contributed by atoms with Gasteiger partial charge in [-0.05, 0) is 13.8 Å². The van der Waals surface area contributed by atoms with E-state index in [9.17, 15) is 9.59 Å². The molecule has 2 fully saturated rings. The van der Waals surface area contributed by atoms with Crippen molar-refractivity contribution in [3.05, 3.63) is 0 Å². The highest BCUT2D eigenvalue weighted by Gasteiger charge is 2.63. The highest BCUT2D eigenvalue weighted by molar-refractivity contribution is 9.10. The molecular formula is C10H11BrCl3NO3S. The Kier molecular flexibility index (Phi) is 4.32. The number of alkyl halides is 4. The van der Waals surface area contributed by atoms with Gasteiger partial charge in [0.05, 0.1) is 5.88 Å². The average Bonchev–Trinajstić information content (AvgIpc) is 2.57. The van der Waals surface area contributed by atoms with Gasteiger partial charge in [-0.1, -0.05) is 39.1 Å². The first-order chi connectivity index (χ1) is 8.60. The number of carbonyl (C=O) groups is 2. The predicted molar refractivity (Wildman–Crippen MR) is 80.1 cm³/mol. The number of esters is 1. The lowest BCUT2D eigenvalue weighted by Crippen LogP contribution is -2.64. The van der Waals surface area contributed by atoms with Gasteiger partial charge in [-0.25, -0.2) is 4.79 Å². The second kappa shape index (κ2) is 5.13. The molecule has 2 rings (SSSR count). The van der Waals surface area contributed by atoms with Crippen LogP contribution >= 0.6 is 62.5 Å². The molecule has 108 valence electrons. The summed E-state index contributed by atoms with van der Waals surface area (Å²) < 4.78 is 2.73. The van der Waals surface area contributed by atoms with E-state index in [1.54, 1.807) is 0 Å². The Morgan fingerprint density at radius 1 is 1.58 bits per heavy atom. The second-order valence-corrected chi connectivity index (χ2v) is 9.29. The minimum absolute atomic E-state index is 0.0731. The zero-order valence-corrected chi connectivity index (χ0v) is 14.7. The summed E-state index contributed by atoms with van der Waals surface area (Å²) in [5.74, 6) is -1.02. The third kappa shape index (κ3) is 2.71. The van der Waals surface area contributed by atoms with Crippen LogP contribution in [0.4, 0.5) is 0 Å². The molecule has 0 unspecified atom stereocenters. The Labute approximate surface area is 138 Å². The van der Waals surface area contributed by atoms with Crippen LogP contribution in [0.3, 0.4) is 0 Å². The molecule has 19 heavy (non-hydrogen) atoms. The minimum atomic E-state index is -1.78. The molecule has 3 atom stereocenters. The molecule has 2 heterocycles. The van der Waals surface area contributed by atoms with Crippen LogP contribution in [0.5, 0.6) is 0 Å². The van der Waals surface area contributed by atoms with Crippen molar-refractivity contribution in [2.45, 2.75) is 39.4 Å². The monoisotopic (exact) mass is 409 g/mol. The van der Waals surface area contributed by atoms with Crippen molar-refractivity contribution >= 4 is 74.4 Å². The maximum absolute atomic E-state index is 12.2. The van der Waals surface area contributed by atoms with Crippen molar-refractivity contribution in [2.24, 2.45) is 0 Å². The summed E-state index contributed by atoms with van der Waals surface area (Å²) in [4.78, 5) is 25.3. The van der Waals surface area contributed by atoms with Crippen LogP contribution in [0.1, 0.15) is 13.8 Å². The fraction of sp³-hybridized carbons (Fsp3) is 0.800. The predicted octanol–water partition coefficient (Wildman–Crippen LogP) is 2.73. The number of fused-ring (bicyclic) bond motifs is 1. The Bertz CT molecular complexity index is 434. The highest BCUT2D eigenvalue weighted by Crippen LogP contribution is 2.53. The number of thioether (sulfide) groups is 1. The van der Waals surface area contributed by atoms with Crippen molar-refractivity contribution in [1.82, 2.24) is 4.90 Å². The van der Waals surface area contributed by atoms with Gasteiger partial charge < -0.3 is 9.64 Å². The van der Waals surface area contributed by atoms with Crippen LogP contribution in [-0.4, -0.2) is 48.2 Å². The lowest BCUT2D eigenvalue weighted by Gasteiger charge is -2.41. The third-order valence-electron chi connectivity index (χ3n) is 3.00. The molecular weight excluding hydrogens is 400 g/mol. The zero-order valence-electron chi connectivity index (χ0n) is 10.0. The Balaban J connectivity index is 2.19. The standard InChI is InChI=1S/C10H11BrCl3NO3S/c1-9(2)5(8(17)18-10(13,14)3-12)15-6(16)4(11)7(15)19-9/h4-5,7H,3H2,1-2H3/t4-,5+,7-/m1/s1. The molecule has 0 spiro atoms. The summed E-state index contributed by atoms with van der Waals surface area (Å²) in [6, 6.07) is -0.719. The minimum Gasteiger partial charge on any atom is -0.426 e. The van der Waals surface area contributed by atoms with E-state index >= 15 is 0 Å². The van der Waals surface area contributed by atoms with Crippen molar-refractivity contribution < 1.29 is 14.3 Å².